The number of amides is 1. The number of rotatable bonds is 2. The number of carbonyl (C=O) groups is 1. The highest BCUT2D eigenvalue weighted by molar-refractivity contribution is 5.85. The van der Waals surface area contributed by atoms with Crippen LogP contribution in [-0.4, -0.2) is 47.1 Å². The van der Waals surface area contributed by atoms with Crippen LogP contribution in [0.5, 0.6) is 11.5 Å². The molecule has 0 bridgehead atoms. The molecule has 1 saturated heterocycles. The number of phenolic OH excluding ortho intramolecular Hbond substituents is 1. The van der Waals surface area contributed by atoms with Crippen molar-refractivity contribution in [1.29, 1.82) is 0 Å². The minimum atomic E-state index is 0. The van der Waals surface area contributed by atoms with Gasteiger partial charge in [-0.05, 0) is 49.7 Å². The van der Waals surface area contributed by atoms with E-state index in [0.717, 1.165) is 42.6 Å². The number of hydrogen-bond acceptors (Lipinski definition) is 5. The summed E-state index contributed by atoms with van der Waals surface area (Å²) in [7, 11) is 0. The van der Waals surface area contributed by atoms with Crippen LogP contribution >= 0.6 is 24.8 Å². The first kappa shape index (κ1) is 22.3. The first-order chi connectivity index (χ1) is 12.7. The number of phenols is 1. The summed E-state index contributed by atoms with van der Waals surface area (Å²) in [6.07, 6.45) is 5.24. The number of piperidine rings is 1. The second kappa shape index (κ2) is 9.96. The summed E-state index contributed by atoms with van der Waals surface area (Å²) < 4.78 is 5.77. The first-order valence-electron chi connectivity index (χ1n) is 9.11. The Labute approximate surface area is 177 Å². The van der Waals surface area contributed by atoms with E-state index in [4.69, 9.17) is 4.74 Å². The number of ether oxygens (including phenoxy) is 1. The van der Waals surface area contributed by atoms with E-state index in [1.165, 1.54) is 0 Å². The maximum Gasteiger partial charge on any atom is 0.226 e. The second-order valence-electron chi connectivity index (χ2n) is 6.86. The fourth-order valence-electron chi connectivity index (χ4n) is 3.71. The molecule has 1 aromatic carbocycles. The lowest BCUT2D eigenvalue weighted by Gasteiger charge is -2.28. The number of carbonyl (C=O) groups excluding carboxylic acids is 1. The summed E-state index contributed by atoms with van der Waals surface area (Å²) in [6.45, 7) is 3.18. The van der Waals surface area contributed by atoms with Gasteiger partial charge in [-0.15, -0.1) is 24.8 Å². The summed E-state index contributed by atoms with van der Waals surface area (Å²) in [6, 6.07) is 7.49. The molecule has 0 saturated carbocycles. The van der Waals surface area contributed by atoms with Crippen LogP contribution in [-0.2, 0) is 11.3 Å². The molecule has 1 amide bonds. The Morgan fingerprint density at radius 3 is 2.71 bits per heavy atom. The zero-order valence-electron chi connectivity index (χ0n) is 15.5. The minimum absolute atomic E-state index is 0. The van der Waals surface area contributed by atoms with E-state index < -0.39 is 0 Å². The van der Waals surface area contributed by atoms with Gasteiger partial charge in [0.05, 0.1) is 6.54 Å². The number of aromatic nitrogens is 1. The molecule has 0 atom stereocenters. The molecule has 1 aromatic heterocycles. The molecule has 0 aliphatic carbocycles. The summed E-state index contributed by atoms with van der Waals surface area (Å²) in [4.78, 5) is 18.9. The predicted octanol–water partition coefficient (Wildman–Crippen LogP) is 3.02. The summed E-state index contributed by atoms with van der Waals surface area (Å²) in [5.41, 5.74) is 2.63. The Bertz CT molecular complexity index is 799. The van der Waals surface area contributed by atoms with Gasteiger partial charge in [0, 0.05) is 36.0 Å². The lowest BCUT2D eigenvalue weighted by Crippen LogP contribution is -2.41. The van der Waals surface area contributed by atoms with Gasteiger partial charge in [-0.3, -0.25) is 9.78 Å². The van der Waals surface area contributed by atoms with Crippen molar-refractivity contribution in [3.8, 4) is 22.6 Å². The standard InChI is InChI=1S/C20H23N3O3.2ClH/c24-18-11-16(15-2-1-5-22-12-15)10-17-13-23(8-9-26-19(17)18)20(25)14-3-6-21-7-4-14;;/h1-2,5,10-12,14,21,24H,3-4,6-9,13H2;2*1H. The van der Waals surface area contributed by atoms with Gasteiger partial charge >= 0.3 is 0 Å². The molecule has 8 heteroatoms. The molecule has 3 heterocycles. The lowest BCUT2D eigenvalue weighted by molar-refractivity contribution is -0.137. The Morgan fingerprint density at radius 1 is 1.21 bits per heavy atom. The lowest BCUT2D eigenvalue weighted by atomic mass is 9.96. The Morgan fingerprint density at radius 2 is 2.00 bits per heavy atom. The molecule has 2 aliphatic heterocycles. The fraction of sp³-hybridized carbons (Fsp3) is 0.400. The molecule has 0 spiro atoms. The van der Waals surface area contributed by atoms with Crippen molar-refractivity contribution in [1.82, 2.24) is 15.2 Å². The van der Waals surface area contributed by atoms with Crippen molar-refractivity contribution in [2.45, 2.75) is 19.4 Å². The summed E-state index contributed by atoms with van der Waals surface area (Å²) in [5.74, 6) is 0.859. The molecule has 2 N–H and O–H groups in total. The maximum absolute atomic E-state index is 12.9. The molecule has 28 heavy (non-hydrogen) atoms. The molecular formula is C20H25Cl2N3O3. The molecule has 2 aromatic rings. The fourth-order valence-corrected chi connectivity index (χ4v) is 3.71. The zero-order chi connectivity index (χ0) is 17.9. The molecule has 6 nitrogen and oxygen atoms in total. The monoisotopic (exact) mass is 425 g/mol. The van der Waals surface area contributed by atoms with Gasteiger partial charge in [-0.25, -0.2) is 0 Å². The topological polar surface area (TPSA) is 74.7 Å². The molecular weight excluding hydrogens is 401 g/mol. The van der Waals surface area contributed by atoms with E-state index in [0.29, 0.717) is 25.4 Å². The third kappa shape index (κ3) is 4.69. The van der Waals surface area contributed by atoms with Crippen molar-refractivity contribution >= 4 is 30.7 Å². The predicted molar refractivity (Wildman–Crippen MR) is 112 cm³/mol. The van der Waals surface area contributed by atoms with E-state index in [-0.39, 0.29) is 42.4 Å². The average molecular weight is 426 g/mol. The second-order valence-corrected chi connectivity index (χ2v) is 6.86. The third-order valence-corrected chi connectivity index (χ3v) is 5.11. The van der Waals surface area contributed by atoms with Gasteiger partial charge in [-0.1, -0.05) is 6.07 Å². The maximum atomic E-state index is 12.9. The third-order valence-electron chi connectivity index (χ3n) is 5.11. The van der Waals surface area contributed by atoms with Crippen LogP contribution in [0.1, 0.15) is 18.4 Å². The summed E-state index contributed by atoms with van der Waals surface area (Å²) in [5, 5.41) is 13.7. The van der Waals surface area contributed by atoms with Gasteiger partial charge in [0.15, 0.2) is 11.5 Å². The number of hydrogen-bond donors (Lipinski definition) is 2. The quantitative estimate of drug-likeness (QED) is 0.773. The number of halogens is 2. The number of benzene rings is 1. The number of nitrogens with zero attached hydrogens (tertiary/aromatic N) is 2. The molecule has 152 valence electrons. The number of fused-ring (bicyclic) bond motifs is 1. The van der Waals surface area contributed by atoms with Gasteiger partial charge < -0.3 is 20.1 Å². The highest BCUT2D eigenvalue weighted by atomic mass is 35.5. The van der Waals surface area contributed by atoms with E-state index >= 15 is 0 Å². The zero-order valence-corrected chi connectivity index (χ0v) is 17.1. The highest BCUT2D eigenvalue weighted by Crippen LogP contribution is 2.37. The molecule has 2 aliphatic rings. The van der Waals surface area contributed by atoms with Crippen LogP contribution in [0.2, 0.25) is 0 Å². The van der Waals surface area contributed by atoms with Crippen molar-refractivity contribution in [2.75, 3.05) is 26.2 Å². The van der Waals surface area contributed by atoms with Crippen molar-refractivity contribution < 1.29 is 14.6 Å². The Kier molecular flexibility index (Phi) is 7.92. The van der Waals surface area contributed by atoms with Crippen LogP contribution in [0, 0.1) is 5.92 Å². The van der Waals surface area contributed by atoms with Gasteiger partial charge in [0.1, 0.15) is 6.61 Å². The van der Waals surface area contributed by atoms with E-state index in [1.54, 1.807) is 18.5 Å². The first-order valence-corrected chi connectivity index (χ1v) is 9.11. The summed E-state index contributed by atoms with van der Waals surface area (Å²) >= 11 is 0. The number of aromatic hydroxyl groups is 1. The van der Waals surface area contributed by atoms with Crippen molar-refractivity contribution in [3.05, 3.63) is 42.2 Å². The largest absolute Gasteiger partial charge is 0.504 e. The normalized spacial score (nSPS) is 16.6. The number of nitrogens with one attached hydrogen (secondary N) is 1. The smallest absolute Gasteiger partial charge is 0.226 e. The van der Waals surface area contributed by atoms with Crippen molar-refractivity contribution in [3.63, 3.8) is 0 Å². The van der Waals surface area contributed by atoms with Gasteiger partial charge in [0.25, 0.3) is 0 Å². The molecule has 0 radical (unpaired) electrons. The Balaban J connectivity index is 0.00000140. The minimum Gasteiger partial charge on any atom is -0.504 e. The van der Waals surface area contributed by atoms with Gasteiger partial charge in [-0.2, -0.15) is 0 Å². The van der Waals surface area contributed by atoms with E-state index in [9.17, 15) is 9.90 Å². The SMILES string of the molecule is Cl.Cl.O=C(C1CCNCC1)N1CCOc2c(O)cc(-c3cccnc3)cc2C1. The molecule has 1 fully saturated rings. The molecule has 0 unspecified atom stereocenters. The molecule has 4 rings (SSSR count). The van der Waals surface area contributed by atoms with E-state index in [1.807, 2.05) is 23.1 Å². The van der Waals surface area contributed by atoms with Crippen molar-refractivity contribution in [2.24, 2.45) is 5.92 Å². The Hall–Kier alpha value is -2.02. The van der Waals surface area contributed by atoms with Crippen LogP contribution in [0.3, 0.4) is 0 Å². The van der Waals surface area contributed by atoms with Crippen LogP contribution in [0.15, 0.2) is 36.7 Å². The van der Waals surface area contributed by atoms with Crippen LogP contribution in [0.25, 0.3) is 11.1 Å². The van der Waals surface area contributed by atoms with Crippen LogP contribution in [0.4, 0.5) is 0 Å². The average Bonchev–Trinajstić information content (AvgIpc) is 2.91. The highest BCUT2D eigenvalue weighted by Gasteiger charge is 2.28. The van der Waals surface area contributed by atoms with E-state index in [2.05, 4.69) is 10.3 Å². The van der Waals surface area contributed by atoms with Gasteiger partial charge in [0.2, 0.25) is 5.91 Å². The number of pyridine rings is 1. The van der Waals surface area contributed by atoms with Crippen LogP contribution < -0.4 is 10.1 Å².